The Morgan fingerprint density at radius 1 is 1.20 bits per heavy atom. The van der Waals surface area contributed by atoms with Crippen LogP contribution >= 0.6 is 0 Å². The number of benzene rings is 1. The van der Waals surface area contributed by atoms with Crippen LogP contribution in [0.25, 0.3) is 0 Å². The zero-order valence-corrected chi connectivity index (χ0v) is 13.1. The molecule has 0 aliphatic heterocycles. The highest BCUT2D eigenvalue weighted by Crippen LogP contribution is 2.15. The van der Waals surface area contributed by atoms with E-state index < -0.39 is 0 Å². The molecular formula is C17H27NO2. The van der Waals surface area contributed by atoms with Crippen LogP contribution in [0, 0.1) is 5.92 Å². The van der Waals surface area contributed by atoms with Gasteiger partial charge in [-0.1, -0.05) is 51.0 Å². The van der Waals surface area contributed by atoms with E-state index in [1.54, 1.807) is 0 Å². The minimum absolute atomic E-state index is 0.189. The average Bonchev–Trinajstić information content (AvgIpc) is 2.47. The minimum atomic E-state index is -0.189. The van der Waals surface area contributed by atoms with E-state index in [2.05, 4.69) is 32.2 Å². The number of ether oxygens (including phenoxy) is 1. The largest absolute Gasteiger partial charge is 0.469 e. The topological polar surface area (TPSA) is 38.3 Å². The molecule has 1 rings (SSSR count). The third kappa shape index (κ3) is 4.97. The number of carbonyl (C=O) groups excluding carboxylic acids is 1. The van der Waals surface area contributed by atoms with Gasteiger partial charge >= 0.3 is 5.97 Å². The van der Waals surface area contributed by atoms with Crippen molar-refractivity contribution in [1.29, 1.82) is 0 Å². The maximum Gasteiger partial charge on any atom is 0.309 e. The highest BCUT2D eigenvalue weighted by Gasteiger charge is 2.14. The molecule has 20 heavy (non-hydrogen) atoms. The Kier molecular flexibility index (Phi) is 7.31. The fourth-order valence-corrected chi connectivity index (χ4v) is 2.56. The Labute approximate surface area is 122 Å². The zero-order valence-electron chi connectivity index (χ0n) is 13.1. The fourth-order valence-electron chi connectivity index (χ4n) is 2.56. The van der Waals surface area contributed by atoms with Gasteiger partial charge in [-0.25, -0.2) is 0 Å². The van der Waals surface area contributed by atoms with Gasteiger partial charge in [0.15, 0.2) is 0 Å². The molecule has 0 radical (unpaired) electrons. The molecule has 0 heterocycles. The van der Waals surface area contributed by atoms with Gasteiger partial charge in [0.2, 0.25) is 0 Å². The molecule has 0 aromatic heterocycles. The molecule has 1 aromatic rings. The van der Waals surface area contributed by atoms with Crippen molar-refractivity contribution in [1.82, 2.24) is 5.32 Å². The summed E-state index contributed by atoms with van der Waals surface area (Å²) in [7, 11) is 1.43. The second kappa shape index (κ2) is 8.75. The number of hydrogen-bond acceptors (Lipinski definition) is 3. The molecule has 3 nitrogen and oxygen atoms in total. The summed E-state index contributed by atoms with van der Waals surface area (Å²) in [6, 6.07) is 8.53. The van der Waals surface area contributed by atoms with Gasteiger partial charge in [0.25, 0.3) is 0 Å². The number of nitrogens with one attached hydrogen (secondary N) is 1. The van der Waals surface area contributed by atoms with Crippen molar-refractivity contribution in [3.05, 3.63) is 35.4 Å². The van der Waals surface area contributed by atoms with Crippen molar-refractivity contribution in [2.24, 2.45) is 5.92 Å². The molecule has 0 aliphatic rings. The number of hydrogen-bond donors (Lipinski definition) is 1. The van der Waals surface area contributed by atoms with Gasteiger partial charge in [0.1, 0.15) is 0 Å². The molecular weight excluding hydrogens is 250 g/mol. The molecule has 0 fully saturated rings. The number of carbonyl (C=O) groups is 1. The molecule has 3 heteroatoms. The van der Waals surface area contributed by atoms with Crippen molar-refractivity contribution < 1.29 is 9.53 Å². The van der Waals surface area contributed by atoms with E-state index in [0.29, 0.717) is 18.4 Å². The van der Waals surface area contributed by atoms with E-state index in [-0.39, 0.29) is 5.97 Å². The molecule has 0 saturated heterocycles. The molecule has 0 bridgehead atoms. The first-order valence-corrected chi connectivity index (χ1v) is 7.49. The third-order valence-electron chi connectivity index (χ3n) is 4.05. The van der Waals surface area contributed by atoms with Gasteiger partial charge in [-0.2, -0.15) is 0 Å². The lowest BCUT2D eigenvalue weighted by atomic mass is 9.95. The summed E-state index contributed by atoms with van der Waals surface area (Å²) < 4.78 is 4.75. The SMILES string of the molecule is CCC(CC)C(C)NCc1ccccc1CC(=O)OC. The molecule has 0 saturated carbocycles. The van der Waals surface area contributed by atoms with Gasteiger partial charge in [0, 0.05) is 12.6 Å². The van der Waals surface area contributed by atoms with Crippen molar-refractivity contribution in [2.45, 2.75) is 52.6 Å². The number of methoxy groups -OCH3 is 1. The second-order valence-electron chi connectivity index (χ2n) is 5.27. The maximum absolute atomic E-state index is 11.4. The molecule has 112 valence electrons. The van der Waals surface area contributed by atoms with E-state index in [9.17, 15) is 4.79 Å². The molecule has 0 aliphatic carbocycles. The van der Waals surface area contributed by atoms with Crippen molar-refractivity contribution in [3.8, 4) is 0 Å². The molecule has 1 atom stereocenters. The quantitative estimate of drug-likeness (QED) is 0.741. The number of esters is 1. The summed E-state index contributed by atoms with van der Waals surface area (Å²) >= 11 is 0. The van der Waals surface area contributed by atoms with Crippen LogP contribution in [0.1, 0.15) is 44.7 Å². The number of rotatable bonds is 8. The molecule has 0 amide bonds. The van der Waals surface area contributed by atoms with Gasteiger partial charge in [-0.05, 0) is 24.0 Å². The van der Waals surface area contributed by atoms with Crippen molar-refractivity contribution in [3.63, 3.8) is 0 Å². The lowest BCUT2D eigenvalue weighted by molar-refractivity contribution is -0.139. The lowest BCUT2D eigenvalue weighted by Gasteiger charge is -2.23. The van der Waals surface area contributed by atoms with E-state index in [4.69, 9.17) is 4.74 Å². The first kappa shape index (κ1) is 16.7. The normalized spacial score (nSPS) is 12.4. The highest BCUT2D eigenvalue weighted by atomic mass is 16.5. The van der Waals surface area contributed by atoms with Crippen molar-refractivity contribution >= 4 is 5.97 Å². The summed E-state index contributed by atoms with van der Waals surface area (Å²) in [5, 5.41) is 3.58. The van der Waals surface area contributed by atoms with Crippen LogP contribution in [0.2, 0.25) is 0 Å². The Morgan fingerprint density at radius 3 is 2.35 bits per heavy atom. The lowest BCUT2D eigenvalue weighted by Crippen LogP contribution is -2.32. The fraction of sp³-hybridized carbons (Fsp3) is 0.588. The van der Waals surface area contributed by atoms with Crippen LogP contribution in [-0.2, 0) is 22.5 Å². The van der Waals surface area contributed by atoms with Gasteiger partial charge in [-0.15, -0.1) is 0 Å². The van der Waals surface area contributed by atoms with Crippen LogP contribution in [0.4, 0.5) is 0 Å². The maximum atomic E-state index is 11.4. The van der Waals surface area contributed by atoms with Crippen LogP contribution in [0.5, 0.6) is 0 Å². The first-order valence-electron chi connectivity index (χ1n) is 7.49. The second-order valence-corrected chi connectivity index (χ2v) is 5.27. The summed E-state index contributed by atoms with van der Waals surface area (Å²) in [6.07, 6.45) is 2.72. The molecule has 1 unspecified atom stereocenters. The van der Waals surface area contributed by atoms with E-state index >= 15 is 0 Å². The van der Waals surface area contributed by atoms with Crippen LogP contribution in [0.15, 0.2) is 24.3 Å². The first-order chi connectivity index (χ1) is 9.62. The highest BCUT2D eigenvalue weighted by molar-refractivity contribution is 5.72. The predicted molar refractivity (Wildman–Crippen MR) is 82.5 cm³/mol. The molecule has 1 N–H and O–H groups in total. The van der Waals surface area contributed by atoms with E-state index in [1.165, 1.54) is 25.5 Å². The van der Waals surface area contributed by atoms with Gasteiger partial charge < -0.3 is 10.1 Å². The molecule has 1 aromatic carbocycles. The monoisotopic (exact) mass is 277 g/mol. The Hall–Kier alpha value is -1.35. The summed E-state index contributed by atoms with van der Waals surface area (Å²) in [5.74, 6) is 0.508. The minimum Gasteiger partial charge on any atom is -0.469 e. The van der Waals surface area contributed by atoms with Crippen LogP contribution in [0.3, 0.4) is 0 Å². The summed E-state index contributed by atoms with van der Waals surface area (Å²) in [6.45, 7) is 7.50. The van der Waals surface area contributed by atoms with Crippen LogP contribution in [-0.4, -0.2) is 19.1 Å². The van der Waals surface area contributed by atoms with Gasteiger partial charge in [0.05, 0.1) is 13.5 Å². The zero-order chi connectivity index (χ0) is 15.0. The Morgan fingerprint density at radius 2 is 1.80 bits per heavy atom. The summed E-state index contributed by atoms with van der Waals surface area (Å²) in [5.41, 5.74) is 2.22. The van der Waals surface area contributed by atoms with Crippen LogP contribution < -0.4 is 5.32 Å². The standard InChI is InChI=1S/C17H27NO2/c1-5-14(6-2)13(3)18-12-16-10-8-7-9-15(16)11-17(19)20-4/h7-10,13-14,18H,5-6,11-12H2,1-4H3. The van der Waals surface area contributed by atoms with E-state index in [1.807, 2.05) is 18.2 Å². The Balaban J connectivity index is 2.65. The molecule has 0 spiro atoms. The Bertz CT molecular complexity index is 413. The average molecular weight is 277 g/mol. The smallest absolute Gasteiger partial charge is 0.309 e. The third-order valence-corrected chi connectivity index (χ3v) is 4.05. The summed E-state index contributed by atoms with van der Waals surface area (Å²) in [4.78, 5) is 11.4. The van der Waals surface area contributed by atoms with E-state index in [0.717, 1.165) is 12.1 Å². The van der Waals surface area contributed by atoms with Gasteiger partial charge in [-0.3, -0.25) is 4.79 Å². The van der Waals surface area contributed by atoms with Crippen molar-refractivity contribution in [2.75, 3.05) is 7.11 Å². The predicted octanol–water partition coefficient (Wildman–Crippen LogP) is 3.32.